The van der Waals surface area contributed by atoms with Gasteiger partial charge in [-0.25, -0.2) is 0 Å². The molecule has 4 nitrogen and oxygen atoms in total. The van der Waals surface area contributed by atoms with Crippen LogP contribution in [0.15, 0.2) is 0 Å². The molecule has 1 saturated carbocycles. The summed E-state index contributed by atoms with van der Waals surface area (Å²) in [5.41, 5.74) is 0. The van der Waals surface area contributed by atoms with Crippen LogP contribution in [0, 0.1) is 5.92 Å². The first-order chi connectivity index (χ1) is 9.22. The van der Waals surface area contributed by atoms with Crippen LogP contribution in [0.1, 0.15) is 39.0 Å². The minimum absolute atomic E-state index is 0.263. The molecule has 1 aliphatic carbocycles. The normalized spacial score (nSPS) is 36.9. The van der Waals surface area contributed by atoms with Crippen molar-refractivity contribution in [3.05, 3.63) is 0 Å². The third-order valence-electron chi connectivity index (χ3n) is 5.29. The highest BCUT2D eigenvalue weighted by atomic mass is 16.7. The van der Waals surface area contributed by atoms with E-state index >= 15 is 0 Å². The lowest BCUT2D eigenvalue weighted by Gasteiger charge is -2.47. The summed E-state index contributed by atoms with van der Waals surface area (Å²) >= 11 is 0. The molecule has 3 aliphatic rings. The smallest absolute Gasteiger partial charge is 0.170 e. The van der Waals surface area contributed by atoms with Crippen molar-refractivity contribution >= 4 is 0 Å². The molecule has 0 radical (unpaired) electrons. The zero-order chi connectivity index (χ0) is 13.3. The van der Waals surface area contributed by atoms with E-state index in [0.717, 1.165) is 38.4 Å². The van der Waals surface area contributed by atoms with Crippen LogP contribution >= 0.6 is 0 Å². The van der Waals surface area contributed by atoms with Crippen LogP contribution in [0.5, 0.6) is 0 Å². The number of likely N-dealkylation sites (tertiary alicyclic amines) is 1. The van der Waals surface area contributed by atoms with E-state index in [-0.39, 0.29) is 5.79 Å². The second kappa shape index (κ2) is 5.68. The highest BCUT2D eigenvalue weighted by molar-refractivity contribution is 4.96. The van der Waals surface area contributed by atoms with E-state index in [1.165, 1.54) is 25.9 Å². The van der Waals surface area contributed by atoms with Gasteiger partial charge in [0.25, 0.3) is 0 Å². The van der Waals surface area contributed by atoms with Gasteiger partial charge < -0.3 is 14.8 Å². The predicted octanol–water partition coefficient (Wildman–Crippen LogP) is 1.60. The Balaban J connectivity index is 1.68. The van der Waals surface area contributed by atoms with Crippen molar-refractivity contribution in [3.8, 4) is 0 Å². The molecular formula is C15H28N2O2. The van der Waals surface area contributed by atoms with Crippen molar-refractivity contribution in [2.75, 3.05) is 33.4 Å². The zero-order valence-electron chi connectivity index (χ0n) is 12.4. The summed E-state index contributed by atoms with van der Waals surface area (Å²) < 4.78 is 11.9. The van der Waals surface area contributed by atoms with Gasteiger partial charge in [0.1, 0.15) is 0 Å². The summed E-state index contributed by atoms with van der Waals surface area (Å²) in [6.07, 6.45) is 5.91. The van der Waals surface area contributed by atoms with Gasteiger partial charge in [-0.05, 0) is 45.3 Å². The van der Waals surface area contributed by atoms with E-state index < -0.39 is 0 Å². The lowest BCUT2D eigenvalue weighted by atomic mass is 9.83. The molecular weight excluding hydrogens is 240 g/mol. The van der Waals surface area contributed by atoms with E-state index in [0.29, 0.717) is 12.1 Å². The second-order valence-electron chi connectivity index (χ2n) is 6.53. The molecule has 1 N–H and O–H groups in total. The largest absolute Gasteiger partial charge is 0.347 e. The Labute approximate surface area is 116 Å². The number of nitrogens with one attached hydrogen (secondary N) is 1. The molecule has 0 aromatic carbocycles. The quantitative estimate of drug-likeness (QED) is 0.825. The maximum absolute atomic E-state index is 5.94. The first-order valence-electron chi connectivity index (χ1n) is 7.92. The molecule has 2 atom stereocenters. The highest BCUT2D eigenvalue weighted by Crippen LogP contribution is 2.38. The summed E-state index contributed by atoms with van der Waals surface area (Å²) in [6, 6.07) is 1.16. The first-order valence-corrected chi connectivity index (χ1v) is 7.92. The lowest BCUT2D eigenvalue weighted by molar-refractivity contribution is -0.194. The summed E-state index contributed by atoms with van der Waals surface area (Å²) in [5, 5.41) is 3.52. The Kier molecular flexibility index (Phi) is 4.13. The van der Waals surface area contributed by atoms with Gasteiger partial charge in [0.05, 0.1) is 13.2 Å². The highest BCUT2D eigenvalue weighted by Gasteiger charge is 2.46. The third-order valence-corrected chi connectivity index (χ3v) is 5.29. The number of piperidine rings is 1. The van der Waals surface area contributed by atoms with Crippen LogP contribution in [-0.4, -0.2) is 56.1 Å². The molecule has 0 aromatic heterocycles. The van der Waals surface area contributed by atoms with Crippen LogP contribution in [0.2, 0.25) is 0 Å². The number of ether oxygens (including phenoxy) is 2. The Bertz CT molecular complexity index is 297. The fourth-order valence-electron chi connectivity index (χ4n) is 3.97. The molecule has 2 aliphatic heterocycles. The molecule has 0 aromatic rings. The van der Waals surface area contributed by atoms with Crippen LogP contribution in [0.25, 0.3) is 0 Å². The number of hydrogen-bond donors (Lipinski definition) is 1. The summed E-state index contributed by atoms with van der Waals surface area (Å²) in [4.78, 5) is 2.67. The fourth-order valence-corrected chi connectivity index (χ4v) is 3.97. The lowest BCUT2D eigenvalue weighted by Crippen LogP contribution is -2.58. The van der Waals surface area contributed by atoms with E-state index in [9.17, 15) is 0 Å². The summed E-state index contributed by atoms with van der Waals surface area (Å²) in [6.45, 7) is 6.39. The van der Waals surface area contributed by atoms with Gasteiger partial charge in [0.2, 0.25) is 0 Å². The molecule has 3 rings (SSSR count). The van der Waals surface area contributed by atoms with Gasteiger partial charge >= 0.3 is 0 Å². The van der Waals surface area contributed by atoms with Gasteiger partial charge in [-0.2, -0.15) is 0 Å². The molecule has 2 saturated heterocycles. The Morgan fingerprint density at radius 3 is 2.42 bits per heavy atom. The average molecular weight is 268 g/mol. The van der Waals surface area contributed by atoms with Crippen molar-refractivity contribution < 1.29 is 9.47 Å². The van der Waals surface area contributed by atoms with Crippen molar-refractivity contribution in [1.29, 1.82) is 0 Å². The third kappa shape index (κ3) is 2.82. The number of nitrogens with zero attached hydrogens (tertiary/aromatic N) is 1. The number of likely N-dealkylation sites (N-methyl/N-ethyl adjacent to an activating group) is 1. The van der Waals surface area contributed by atoms with Gasteiger partial charge in [0, 0.05) is 24.9 Å². The van der Waals surface area contributed by atoms with Crippen LogP contribution in [0.3, 0.4) is 0 Å². The van der Waals surface area contributed by atoms with Crippen molar-refractivity contribution in [3.63, 3.8) is 0 Å². The molecule has 2 heterocycles. The standard InChI is InChI=1S/C15H28N2O2/c1-12-4-7-17(8-5-12)14-11-15(18-9-10-19-15)6-3-13(14)16-2/h12-14,16H,3-11H2,1-2H3. The average Bonchev–Trinajstić information content (AvgIpc) is 2.88. The summed E-state index contributed by atoms with van der Waals surface area (Å²) in [7, 11) is 2.10. The molecule has 4 heteroatoms. The topological polar surface area (TPSA) is 33.7 Å². The van der Waals surface area contributed by atoms with E-state index in [1.54, 1.807) is 0 Å². The Hall–Kier alpha value is -0.160. The molecule has 110 valence electrons. The predicted molar refractivity (Wildman–Crippen MR) is 75.1 cm³/mol. The maximum atomic E-state index is 5.94. The van der Waals surface area contributed by atoms with Crippen molar-refractivity contribution in [1.82, 2.24) is 10.2 Å². The molecule has 2 unspecified atom stereocenters. The molecule has 0 amide bonds. The van der Waals surface area contributed by atoms with Gasteiger partial charge in [0.15, 0.2) is 5.79 Å². The minimum Gasteiger partial charge on any atom is -0.347 e. The van der Waals surface area contributed by atoms with Gasteiger partial charge in [-0.15, -0.1) is 0 Å². The fraction of sp³-hybridized carbons (Fsp3) is 1.00. The summed E-state index contributed by atoms with van der Waals surface area (Å²) in [5.74, 6) is 0.627. The molecule has 1 spiro atoms. The van der Waals surface area contributed by atoms with Gasteiger partial charge in [-0.3, -0.25) is 4.90 Å². The molecule has 3 fully saturated rings. The monoisotopic (exact) mass is 268 g/mol. The van der Waals surface area contributed by atoms with Crippen molar-refractivity contribution in [2.24, 2.45) is 5.92 Å². The van der Waals surface area contributed by atoms with E-state index in [1.807, 2.05) is 0 Å². The minimum atomic E-state index is -0.263. The number of hydrogen-bond acceptors (Lipinski definition) is 4. The SMILES string of the molecule is CNC1CCC2(CC1N1CCC(C)CC1)OCCO2. The molecule has 19 heavy (non-hydrogen) atoms. The van der Waals surface area contributed by atoms with E-state index in [2.05, 4.69) is 24.2 Å². The second-order valence-corrected chi connectivity index (χ2v) is 6.53. The van der Waals surface area contributed by atoms with Crippen LogP contribution in [-0.2, 0) is 9.47 Å². The maximum Gasteiger partial charge on any atom is 0.170 e. The number of rotatable bonds is 2. The van der Waals surface area contributed by atoms with E-state index in [4.69, 9.17) is 9.47 Å². The first kappa shape index (κ1) is 13.8. The van der Waals surface area contributed by atoms with Crippen LogP contribution < -0.4 is 5.32 Å². The Morgan fingerprint density at radius 2 is 1.79 bits per heavy atom. The zero-order valence-corrected chi connectivity index (χ0v) is 12.4. The van der Waals surface area contributed by atoms with Crippen LogP contribution in [0.4, 0.5) is 0 Å². The molecule has 0 bridgehead atoms. The van der Waals surface area contributed by atoms with Crippen molar-refractivity contribution in [2.45, 2.75) is 56.9 Å². The van der Waals surface area contributed by atoms with Gasteiger partial charge in [-0.1, -0.05) is 6.92 Å². The Morgan fingerprint density at radius 1 is 1.11 bits per heavy atom.